The minimum Gasteiger partial charge on any atom is -0.460 e. The van der Waals surface area contributed by atoms with Gasteiger partial charge in [0.1, 0.15) is 17.3 Å². The van der Waals surface area contributed by atoms with E-state index in [-0.39, 0.29) is 18.2 Å². The van der Waals surface area contributed by atoms with E-state index in [9.17, 15) is 4.39 Å². The first-order valence-corrected chi connectivity index (χ1v) is 8.40. The zero-order valence-electron chi connectivity index (χ0n) is 14.2. The van der Waals surface area contributed by atoms with Gasteiger partial charge in [0.05, 0.1) is 12.1 Å². The third-order valence-corrected chi connectivity index (χ3v) is 4.35. The number of para-hydroxylation sites is 1. The Morgan fingerprint density at radius 2 is 1.77 bits per heavy atom. The molecule has 0 saturated heterocycles. The number of H-pyrrole nitrogens is 1. The summed E-state index contributed by atoms with van der Waals surface area (Å²) in [7, 11) is 0. The fourth-order valence-electron chi connectivity index (χ4n) is 3.05. The third kappa shape index (κ3) is 3.82. The highest BCUT2D eigenvalue weighted by Gasteiger charge is 2.09. The number of rotatable bonds is 6. The summed E-state index contributed by atoms with van der Waals surface area (Å²) in [5, 5.41) is 4.65. The van der Waals surface area contributed by atoms with Crippen LogP contribution in [0.4, 0.5) is 4.39 Å². The van der Waals surface area contributed by atoms with Crippen molar-refractivity contribution in [3.63, 3.8) is 0 Å². The van der Waals surface area contributed by atoms with E-state index in [1.807, 2.05) is 18.2 Å². The maximum Gasteiger partial charge on any atom is 0.137 e. The van der Waals surface area contributed by atoms with Crippen molar-refractivity contribution in [1.29, 1.82) is 0 Å². The van der Waals surface area contributed by atoms with E-state index in [0.717, 1.165) is 24.2 Å². The SMILES string of the molecule is Cl.Fc1ccccc1-c1ccc(CNCCc2c[nH]c3ccccc23)o1. The van der Waals surface area contributed by atoms with E-state index >= 15 is 0 Å². The highest BCUT2D eigenvalue weighted by atomic mass is 35.5. The molecule has 2 aromatic heterocycles. The molecule has 5 heteroatoms. The van der Waals surface area contributed by atoms with Crippen LogP contribution in [0, 0.1) is 5.82 Å². The van der Waals surface area contributed by atoms with Crippen molar-refractivity contribution in [2.24, 2.45) is 0 Å². The highest BCUT2D eigenvalue weighted by molar-refractivity contribution is 5.85. The molecular formula is C21H20ClFN2O. The van der Waals surface area contributed by atoms with E-state index in [0.29, 0.717) is 17.9 Å². The topological polar surface area (TPSA) is 41.0 Å². The minimum absolute atomic E-state index is 0. The predicted octanol–water partition coefficient (Wildman–Crippen LogP) is 5.32. The zero-order chi connectivity index (χ0) is 17.1. The number of fused-ring (bicyclic) bond motifs is 1. The van der Waals surface area contributed by atoms with Crippen LogP contribution in [0.1, 0.15) is 11.3 Å². The molecule has 0 aliphatic heterocycles. The van der Waals surface area contributed by atoms with E-state index in [4.69, 9.17) is 4.42 Å². The summed E-state index contributed by atoms with van der Waals surface area (Å²) in [6.45, 7) is 1.47. The van der Waals surface area contributed by atoms with Gasteiger partial charge in [-0.2, -0.15) is 0 Å². The van der Waals surface area contributed by atoms with Crippen molar-refractivity contribution < 1.29 is 8.81 Å². The highest BCUT2D eigenvalue weighted by Crippen LogP contribution is 2.24. The lowest BCUT2D eigenvalue weighted by atomic mass is 10.1. The number of benzene rings is 2. The average Bonchev–Trinajstić information content (AvgIpc) is 3.26. The molecule has 2 heterocycles. The molecule has 0 saturated carbocycles. The molecule has 0 aliphatic carbocycles. The molecule has 0 spiro atoms. The minimum atomic E-state index is -0.268. The number of hydrogen-bond acceptors (Lipinski definition) is 2. The number of halogens is 2. The molecule has 0 amide bonds. The molecule has 0 atom stereocenters. The van der Waals surface area contributed by atoms with Crippen molar-refractivity contribution in [2.45, 2.75) is 13.0 Å². The summed E-state index contributed by atoms with van der Waals surface area (Å²) in [4.78, 5) is 3.29. The van der Waals surface area contributed by atoms with Crippen LogP contribution >= 0.6 is 12.4 Å². The van der Waals surface area contributed by atoms with Gasteiger partial charge >= 0.3 is 0 Å². The molecule has 0 aliphatic rings. The number of aromatic nitrogens is 1. The van der Waals surface area contributed by atoms with Gasteiger partial charge in [-0.25, -0.2) is 4.39 Å². The van der Waals surface area contributed by atoms with Crippen molar-refractivity contribution in [2.75, 3.05) is 6.54 Å². The standard InChI is InChI=1S/C21H19FN2O.ClH/c22-19-7-3-1-6-18(19)21-10-9-16(25-21)14-23-12-11-15-13-24-20-8-4-2-5-17(15)20;/h1-10,13,23-24H,11-12,14H2;1H. The Morgan fingerprint density at radius 3 is 2.65 bits per heavy atom. The Morgan fingerprint density at radius 1 is 0.962 bits per heavy atom. The molecular weight excluding hydrogens is 351 g/mol. The molecule has 0 bridgehead atoms. The van der Waals surface area contributed by atoms with Crippen LogP contribution < -0.4 is 5.32 Å². The second-order valence-corrected chi connectivity index (χ2v) is 6.03. The number of aromatic amines is 1. The van der Waals surface area contributed by atoms with Gasteiger partial charge in [-0.3, -0.25) is 0 Å². The van der Waals surface area contributed by atoms with Gasteiger partial charge in [0.25, 0.3) is 0 Å². The molecule has 26 heavy (non-hydrogen) atoms. The maximum absolute atomic E-state index is 13.8. The fourth-order valence-corrected chi connectivity index (χ4v) is 3.05. The molecule has 0 radical (unpaired) electrons. The first kappa shape index (κ1) is 18.2. The largest absolute Gasteiger partial charge is 0.460 e. The Hall–Kier alpha value is -2.56. The lowest BCUT2D eigenvalue weighted by Gasteiger charge is -2.03. The normalized spacial score (nSPS) is 10.8. The molecule has 134 valence electrons. The van der Waals surface area contributed by atoms with Gasteiger partial charge in [0.15, 0.2) is 0 Å². The summed E-state index contributed by atoms with van der Waals surface area (Å²) in [6, 6.07) is 18.7. The lowest BCUT2D eigenvalue weighted by Crippen LogP contribution is -2.16. The summed E-state index contributed by atoms with van der Waals surface area (Å²) in [6.07, 6.45) is 3.00. The molecule has 2 aromatic carbocycles. The number of furan rings is 1. The van der Waals surface area contributed by atoms with Crippen LogP contribution in [0.15, 0.2) is 71.3 Å². The van der Waals surface area contributed by atoms with Crippen LogP contribution in [0.25, 0.3) is 22.2 Å². The zero-order valence-corrected chi connectivity index (χ0v) is 15.0. The number of hydrogen-bond donors (Lipinski definition) is 2. The molecule has 0 unspecified atom stereocenters. The van der Waals surface area contributed by atoms with E-state index in [1.54, 1.807) is 18.2 Å². The van der Waals surface area contributed by atoms with Crippen LogP contribution in [0.5, 0.6) is 0 Å². The van der Waals surface area contributed by atoms with Gasteiger partial charge in [-0.15, -0.1) is 12.4 Å². The lowest BCUT2D eigenvalue weighted by molar-refractivity contribution is 0.491. The monoisotopic (exact) mass is 370 g/mol. The second kappa shape index (κ2) is 8.21. The Kier molecular flexibility index (Phi) is 5.76. The van der Waals surface area contributed by atoms with Gasteiger partial charge < -0.3 is 14.7 Å². The van der Waals surface area contributed by atoms with Crippen LogP contribution in [-0.4, -0.2) is 11.5 Å². The summed E-state index contributed by atoms with van der Waals surface area (Å²) < 4.78 is 19.5. The van der Waals surface area contributed by atoms with Crippen molar-refractivity contribution >= 4 is 23.3 Å². The number of nitrogens with one attached hydrogen (secondary N) is 2. The summed E-state index contributed by atoms with van der Waals surface area (Å²) in [5.41, 5.74) is 2.96. The first-order chi connectivity index (χ1) is 12.3. The molecule has 2 N–H and O–H groups in total. The van der Waals surface area contributed by atoms with Crippen molar-refractivity contribution in [3.05, 3.63) is 84.0 Å². The van der Waals surface area contributed by atoms with E-state index in [1.165, 1.54) is 17.0 Å². The van der Waals surface area contributed by atoms with E-state index in [2.05, 4.69) is 34.7 Å². The van der Waals surface area contributed by atoms with E-state index < -0.39 is 0 Å². The fraction of sp³-hybridized carbons (Fsp3) is 0.143. The summed E-state index contributed by atoms with van der Waals surface area (Å²) in [5.74, 6) is 1.10. The quantitative estimate of drug-likeness (QED) is 0.451. The van der Waals surface area contributed by atoms with Crippen LogP contribution in [0.2, 0.25) is 0 Å². The van der Waals surface area contributed by atoms with Gasteiger partial charge in [0.2, 0.25) is 0 Å². The van der Waals surface area contributed by atoms with Crippen LogP contribution in [-0.2, 0) is 13.0 Å². The van der Waals surface area contributed by atoms with Gasteiger partial charge in [-0.05, 0) is 48.9 Å². The van der Waals surface area contributed by atoms with Gasteiger partial charge in [-0.1, -0.05) is 30.3 Å². The Labute approximate surface area is 157 Å². The molecule has 3 nitrogen and oxygen atoms in total. The Bertz CT molecular complexity index is 992. The van der Waals surface area contributed by atoms with Crippen molar-refractivity contribution in [3.8, 4) is 11.3 Å². The predicted molar refractivity (Wildman–Crippen MR) is 105 cm³/mol. The molecule has 0 fully saturated rings. The molecule has 4 rings (SSSR count). The maximum atomic E-state index is 13.8. The summed E-state index contributed by atoms with van der Waals surface area (Å²) >= 11 is 0. The Balaban J connectivity index is 0.00000196. The van der Waals surface area contributed by atoms with Gasteiger partial charge in [0, 0.05) is 17.1 Å². The molecule has 4 aromatic rings. The smallest absolute Gasteiger partial charge is 0.137 e. The van der Waals surface area contributed by atoms with Crippen molar-refractivity contribution in [1.82, 2.24) is 10.3 Å². The third-order valence-electron chi connectivity index (χ3n) is 4.35. The first-order valence-electron chi connectivity index (χ1n) is 8.40. The second-order valence-electron chi connectivity index (χ2n) is 6.03. The average molecular weight is 371 g/mol. The van der Waals surface area contributed by atoms with Crippen LogP contribution in [0.3, 0.4) is 0 Å².